The summed E-state index contributed by atoms with van der Waals surface area (Å²) in [6.07, 6.45) is -0.226. The lowest BCUT2D eigenvalue weighted by molar-refractivity contribution is 0.674. The Morgan fingerprint density at radius 2 is 1.23 bits per heavy atom. The first-order valence-corrected chi connectivity index (χ1v) is 15.6. The van der Waals surface area contributed by atoms with Gasteiger partial charge >= 0.3 is 0 Å². The Balaban J connectivity index is 1.21. The number of thiophene rings is 1. The first-order valence-electron chi connectivity index (χ1n) is 14.8. The molecule has 1 aliphatic heterocycles. The van der Waals surface area contributed by atoms with Crippen LogP contribution in [0.25, 0.3) is 47.7 Å². The minimum Gasteiger partial charge on any atom is -0.344 e. The molecule has 0 amide bonds. The number of benzene rings is 6. The molecule has 0 spiro atoms. The van der Waals surface area contributed by atoms with Crippen LogP contribution in [0.1, 0.15) is 22.9 Å². The van der Waals surface area contributed by atoms with Crippen molar-refractivity contribution in [3.8, 4) is 5.69 Å². The van der Waals surface area contributed by atoms with Gasteiger partial charge in [-0.15, -0.1) is 11.3 Å². The Morgan fingerprint density at radius 1 is 0.568 bits per heavy atom. The van der Waals surface area contributed by atoms with Gasteiger partial charge in [-0.1, -0.05) is 109 Å². The normalized spacial score (nSPS) is 15.0. The molecule has 0 aliphatic carbocycles. The predicted octanol–water partition coefficient (Wildman–Crippen LogP) is 9.65. The van der Waals surface area contributed by atoms with Crippen molar-refractivity contribution >= 4 is 65.0 Å². The van der Waals surface area contributed by atoms with Gasteiger partial charge in [0, 0.05) is 37.4 Å². The van der Waals surface area contributed by atoms with Crippen molar-refractivity contribution in [3.63, 3.8) is 0 Å². The van der Waals surface area contributed by atoms with Crippen molar-refractivity contribution < 1.29 is 0 Å². The van der Waals surface area contributed by atoms with Crippen molar-refractivity contribution in [2.24, 2.45) is 9.98 Å². The number of aliphatic imine (C=N–C) groups is 2. The zero-order chi connectivity index (χ0) is 29.0. The monoisotopic (exact) mass is 582 g/mol. The van der Waals surface area contributed by atoms with Crippen LogP contribution in [0.4, 0.5) is 0 Å². The highest BCUT2D eigenvalue weighted by molar-refractivity contribution is 7.26. The summed E-state index contributed by atoms with van der Waals surface area (Å²) in [5, 5.41) is 8.65. The Hall–Kier alpha value is -5.52. The van der Waals surface area contributed by atoms with Crippen LogP contribution in [0.15, 0.2) is 156 Å². The quantitative estimate of drug-likeness (QED) is 0.221. The van der Waals surface area contributed by atoms with E-state index in [1.54, 1.807) is 0 Å². The molecule has 44 heavy (non-hydrogen) atoms. The molecule has 1 unspecified atom stereocenters. The van der Waals surface area contributed by atoms with E-state index in [-0.39, 0.29) is 6.17 Å². The first-order chi connectivity index (χ1) is 21.8. The second-order valence-electron chi connectivity index (χ2n) is 11.1. The standard InChI is InChI=1S/C39H26N4S/c1-3-12-25(13-4-1)37-40-38(26-14-5-2-6-15-26)42-39(41-37)27-22-23-35-31(24-27)30-18-11-21-34(36(30)44-35)43-32-19-9-7-16-28(32)29-17-8-10-20-33(29)43/h1-24,37H,(H,40,41,42). The van der Waals surface area contributed by atoms with Crippen LogP contribution < -0.4 is 5.32 Å². The van der Waals surface area contributed by atoms with E-state index in [9.17, 15) is 0 Å². The molecule has 6 aromatic carbocycles. The highest BCUT2D eigenvalue weighted by Crippen LogP contribution is 2.41. The van der Waals surface area contributed by atoms with Crippen molar-refractivity contribution in [2.45, 2.75) is 6.17 Å². The number of nitrogens with zero attached hydrogens (tertiary/aromatic N) is 3. The van der Waals surface area contributed by atoms with Gasteiger partial charge in [-0.2, -0.15) is 0 Å². The number of nitrogens with one attached hydrogen (secondary N) is 1. The van der Waals surface area contributed by atoms with Crippen LogP contribution in [0.2, 0.25) is 0 Å². The molecular formula is C39H26N4S. The van der Waals surface area contributed by atoms with Crippen LogP contribution in [0, 0.1) is 0 Å². The lowest BCUT2D eigenvalue weighted by Crippen LogP contribution is -2.33. The van der Waals surface area contributed by atoms with Crippen LogP contribution in [-0.2, 0) is 0 Å². The zero-order valence-corrected chi connectivity index (χ0v) is 24.5. The molecule has 9 rings (SSSR count). The maximum absolute atomic E-state index is 5.05. The summed E-state index contributed by atoms with van der Waals surface area (Å²) in [5.74, 6) is 1.56. The maximum Gasteiger partial charge on any atom is 0.159 e. The summed E-state index contributed by atoms with van der Waals surface area (Å²) in [5.41, 5.74) is 6.80. The van der Waals surface area contributed by atoms with E-state index in [0.717, 1.165) is 28.4 Å². The second kappa shape index (κ2) is 10.0. The number of aromatic nitrogens is 1. The molecule has 0 bridgehead atoms. The van der Waals surface area contributed by atoms with E-state index in [4.69, 9.17) is 9.98 Å². The molecule has 5 heteroatoms. The van der Waals surface area contributed by atoms with Gasteiger partial charge in [0.05, 0.1) is 21.4 Å². The largest absolute Gasteiger partial charge is 0.344 e. The molecule has 8 aromatic rings. The molecule has 1 aliphatic rings. The fourth-order valence-electron chi connectivity index (χ4n) is 6.41. The summed E-state index contributed by atoms with van der Waals surface area (Å²) < 4.78 is 4.95. The topological polar surface area (TPSA) is 41.7 Å². The minimum absolute atomic E-state index is 0.226. The van der Waals surface area contributed by atoms with Gasteiger partial charge in [0.1, 0.15) is 12.0 Å². The highest BCUT2D eigenvalue weighted by atomic mass is 32.1. The number of hydrogen-bond acceptors (Lipinski definition) is 4. The zero-order valence-electron chi connectivity index (χ0n) is 23.7. The summed E-state index contributed by atoms with van der Waals surface area (Å²) in [4.78, 5) is 10.1. The number of fused-ring (bicyclic) bond motifs is 6. The third-order valence-electron chi connectivity index (χ3n) is 8.46. The van der Waals surface area contributed by atoms with Crippen LogP contribution in [0.3, 0.4) is 0 Å². The molecule has 0 saturated carbocycles. The fraction of sp³-hybridized carbons (Fsp3) is 0.0256. The molecular weight excluding hydrogens is 557 g/mol. The SMILES string of the molecule is c1ccc(C2=NC(c3ccccc3)NC(c3ccc4sc5c(-n6c7ccccc7c7ccccc76)cccc5c4c3)=N2)cc1. The molecule has 1 N–H and O–H groups in total. The van der Waals surface area contributed by atoms with E-state index >= 15 is 0 Å². The third kappa shape index (κ3) is 3.98. The highest BCUT2D eigenvalue weighted by Gasteiger charge is 2.22. The summed E-state index contributed by atoms with van der Waals surface area (Å²) >= 11 is 1.85. The van der Waals surface area contributed by atoms with Crippen molar-refractivity contribution in [1.82, 2.24) is 9.88 Å². The molecule has 1 atom stereocenters. The fourth-order valence-corrected chi connectivity index (χ4v) is 7.59. The Kier molecular flexibility index (Phi) is 5.71. The van der Waals surface area contributed by atoms with Gasteiger partial charge in [0.25, 0.3) is 0 Å². The molecule has 0 fully saturated rings. The Bertz CT molecular complexity index is 2360. The molecule has 0 saturated heterocycles. The van der Waals surface area contributed by atoms with E-state index < -0.39 is 0 Å². The van der Waals surface area contributed by atoms with Crippen LogP contribution in [-0.4, -0.2) is 16.2 Å². The third-order valence-corrected chi connectivity index (χ3v) is 9.67. The average molecular weight is 583 g/mol. The summed E-state index contributed by atoms with van der Waals surface area (Å²) in [7, 11) is 0. The van der Waals surface area contributed by atoms with E-state index in [1.165, 1.54) is 47.7 Å². The average Bonchev–Trinajstić information content (AvgIpc) is 3.64. The minimum atomic E-state index is -0.226. The van der Waals surface area contributed by atoms with Crippen molar-refractivity contribution in [1.29, 1.82) is 0 Å². The molecule has 208 valence electrons. The van der Waals surface area contributed by atoms with Crippen molar-refractivity contribution in [2.75, 3.05) is 0 Å². The number of rotatable bonds is 4. The van der Waals surface area contributed by atoms with Crippen LogP contribution in [0.5, 0.6) is 0 Å². The van der Waals surface area contributed by atoms with Crippen molar-refractivity contribution in [3.05, 3.63) is 162 Å². The lowest BCUT2D eigenvalue weighted by atomic mass is 10.1. The van der Waals surface area contributed by atoms with Gasteiger partial charge < -0.3 is 9.88 Å². The molecule has 4 nitrogen and oxygen atoms in total. The lowest BCUT2D eigenvalue weighted by Gasteiger charge is -2.23. The first kappa shape index (κ1) is 25.0. The van der Waals surface area contributed by atoms with E-state index in [1.807, 2.05) is 35.6 Å². The maximum atomic E-state index is 5.05. The molecule has 0 radical (unpaired) electrons. The summed E-state index contributed by atoms with van der Waals surface area (Å²) in [6, 6.07) is 51.4. The smallest absolute Gasteiger partial charge is 0.159 e. The molecule has 3 heterocycles. The predicted molar refractivity (Wildman–Crippen MR) is 186 cm³/mol. The molecule has 2 aromatic heterocycles. The van der Waals surface area contributed by atoms with Gasteiger partial charge in [0.2, 0.25) is 0 Å². The van der Waals surface area contributed by atoms with Gasteiger partial charge in [-0.3, -0.25) is 0 Å². The van der Waals surface area contributed by atoms with Gasteiger partial charge in [-0.25, -0.2) is 9.98 Å². The number of hydrogen-bond donors (Lipinski definition) is 1. The van der Waals surface area contributed by atoms with Crippen LogP contribution >= 0.6 is 11.3 Å². The number of para-hydroxylation sites is 2. The van der Waals surface area contributed by atoms with Gasteiger partial charge in [0.15, 0.2) is 5.84 Å². The van der Waals surface area contributed by atoms with E-state index in [2.05, 4.69) is 131 Å². The second-order valence-corrected chi connectivity index (χ2v) is 12.1. The Labute approximate surface area is 258 Å². The Morgan fingerprint density at radius 3 is 1.98 bits per heavy atom. The number of amidine groups is 2. The van der Waals surface area contributed by atoms with Gasteiger partial charge in [-0.05, 0) is 42.0 Å². The summed E-state index contributed by atoms with van der Waals surface area (Å²) in [6.45, 7) is 0. The van der Waals surface area contributed by atoms with E-state index in [0.29, 0.717) is 0 Å².